The molecule has 4 aliphatic rings. The number of amides is 1. The highest BCUT2D eigenvalue weighted by Crippen LogP contribution is 2.69. The van der Waals surface area contributed by atoms with E-state index in [1.165, 1.54) is 25.7 Å². The highest BCUT2D eigenvalue weighted by molar-refractivity contribution is 5.83. The molecule has 1 amide bonds. The Kier molecular flexibility index (Phi) is 2.48. The molecule has 3 heteroatoms. The van der Waals surface area contributed by atoms with E-state index < -0.39 is 0 Å². The zero-order valence-electron chi connectivity index (χ0n) is 11.3. The smallest absolute Gasteiger partial charge is 0.226 e. The van der Waals surface area contributed by atoms with Crippen LogP contribution in [0, 0.1) is 35.5 Å². The fourth-order valence-corrected chi connectivity index (χ4v) is 5.35. The second-order valence-electron chi connectivity index (χ2n) is 7.01. The summed E-state index contributed by atoms with van der Waals surface area (Å²) in [5, 5.41) is 3.24. The summed E-state index contributed by atoms with van der Waals surface area (Å²) in [5.74, 6) is 5.10. The van der Waals surface area contributed by atoms with Crippen LogP contribution in [0.15, 0.2) is 0 Å². The topological polar surface area (TPSA) is 32.3 Å². The summed E-state index contributed by atoms with van der Waals surface area (Å²) < 4.78 is 0. The zero-order chi connectivity index (χ0) is 12.3. The molecule has 3 nitrogen and oxygen atoms in total. The molecule has 0 radical (unpaired) electrons. The highest BCUT2D eigenvalue weighted by Gasteiger charge is 2.68. The number of fused-ring (bicyclic) bond motifs is 5. The van der Waals surface area contributed by atoms with Gasteiger partial charge in [0.05, 0.1) is 0 Å². The second-order valence-corrected chi connectivity index (χ2v) is 7.01. The van der Waals surface area contributed by atoms with Gasteiger partial charge in [-0.3, -0.25) is 4.79 Å². The van der Waals surface area contributed by atoms with Crippen LogP contribution in [0.4, 0.5) is 0 Å². The van der Waals surface area contributed by atoms with Gasteiger partial charge in [0.1, 0.15) is 0 Å². The van der Waals surface area contributed by atoms with Gasteiger partial charge in [-0.15, -0.1) is 0 Å². The Morgan fingerprint density at radius 1 is 1.22 bits per heavy atom. The Morgan fingerprint density at radius 2 is 1.94 bits per heavy atom. The number of nitrogens with one attached hydrogen (secondary N) is 1. The first-order valence-electron chi connectivity index (χ1n) is 7.73. The van der Waals surface area contributed by atoms with E-state index in [4.69, 9.17) is 0 Å². The monoisotopic (exact) mass is 248 g/mol. The summed E-state index contributed by atoms with van der Waals surface area (Å²) in [5.41, 5.74) is 0. The average Bonchev–Trinajstić information content (AvgIpc) is 2.76. The molecule has 1 saturated heterocycles. The zero-order valence-corrected chi connectivity index (χ0v) is 11.3. The van der Waals surface area contributed by atoms with Crippen molar-refractivity contribution in [2.45, 2.75) is 25.7 Å². The minimum Gasteiger partial charge on any atom is -0.342 e. The first-order chi connectivity index (χ1) is 8.79. The number of hydrogen-bond donors (Lipinski definition) is 1. The van der Waals surface area contributed by atoms with E-state index in [1.807, 2.05) is 7.05 Å². The molecule has 2 bridgehead atoms. The van der Waals surface area contributed by atoms with Crippen LogP contribution in [0.3, 0.4) is 0 Å². The number of hydrogen-bond acceptors (Lipinski definition) is 2. The normalized spacial score (nSPS) is 48.6. The first-order valence-corrected chi connectivity index (χ1v) is 7.73. The molecule has 5 atom stereocenters. The Labute approximate surface area is 109 Å². The molecular formula is C15H24N2O. The maximum Gasteiger partial charge on any atom is 0.226 e. The van der Waals surface area contributed by atoms with Crippen LogP contribution in [-0.2, 0) is 4.79 Å². The van der Waals surface area contributed by atoms with Gasteiger partial charge >= 0.3 is 0 Å². The van der Waals surface area contributed by atoms with Gasteiger partial charge in [0, 0.05) is 19.0 Å². The summed E-state index contributed by atoms with van der Waals surface area (Å²) in [6.07, 6.45) is 5.47. The first kappa shape index (κ1) is 11.3. The van der Waals surface area contributed by atoms with Gasteiger partial charge in [0.2, 0.25) is 5.91 Å². The van der Waals surface area contributed by atoms with Crippen LogP contribution < -0.4 is 5.32 Å². The van der Waals surface area contributed by atoms with E-state index in [-0.39, 0.29) is 0 Å². The number of carbonyl (C=O) groups excluding carboxylic acids is 1. The number of carbonyl (C=O) groups is 1. The van der Waals surface area contributed by atoms with Gasteiger partial charge in [0.25, 0.3) is 0 Å². The van der Waals surface area contributed by atoms with E-state index in [2.05, 4.69) is 10.2 Å². The second kappa shape index (κ2) is 3.96. The van der Waals surface area contributed by atoms with Gasteiger partial charge in [-0.1, -0.05) is 0 Å². The molecule has 1 N–H and O–H groups in total. The maximum atomic E-state index is 12.6. The molecular weight excluding hydrogens is 224 g/mol. The summed E-state index contributed by atoms with van der Waals surface area (Å²) in [6, 6.07) is 0. The fraction of sp³-hybridized carbons (Fsp3) is 0.933. The predicted octanol–water partition coefficient (Wildman–Crippen LogP) is 1.35. The standard InChI is InChI=1S/C15H24N2O/c1-16-7-9-4-5-17(8-9)15(18)14-12-10-2-3-11(6-10)13(12)14/h9-14,16H,2-8H2,1H3. The largest absolute Gasteiger partial charge is 0.342 e. The lowest BCUT2D eigenvalue weighted by atomic mass is 10.0. The van der Waals surface area contributed by atoms with Crippen molar-refractivity contribution in [3.05, 3.63) is 0 Å². The van der Waals surface area contributed by atoms with Crippen LogP contribution in [-0.4, -0.2) is 37.5 Å². The van der Waals surface area contributed by atoms with E-state index in [1.54, 1.807) is 0 Å². The summed E-state index contributed by atoms with van der Waals surface area (Å²) >= 11 is 0. The van der Waals surface area contributed by atoms with Gasteiger partial charge in [0.15, 0.2) is 0 Å². The third-order valence-electron chi connectivity index (χ3n) is 6.11. The molecule has 3 aliphatic carbocycles. The molecule has 18 heavy (non-hydrogen) atoms. The number of rotatable bonds is 3. The van der Waals surface area contributed by atoms with Crippen molar-refractivity contribution in [3.8, 4) is 0 Å². The van der Waals surface area contributed by atoms with Crippen molar-refractivity contribution in [3.63, 3.8) is 0 Å². The van der Waals surface area contributed by atoms with E-state index >= 15 is 0 Å². The molecule has 4 rings (SSSR count). The maximum absolute atomic E-state index is 12.6. The Morgan fingerprint density at radius 3 is 2.61 bits per heavy atom. The summed E-state index contributed by atoms with van der Waals surface area (Å²) in [7, 11) is 2.01. The van der Waals surface area contributed by atoms with Crippen molar-refractivity contribution < 1.29 is 4.79 Å². The minimum atomic E-state index is 0.449. The molecule has 0 spiro atoms. The molecule has 0 aromatic carbocycles. The van der Waals surface area contributed by atoms with Gasteiger partial charge in [-0.25, -0.2) is 0 Å². The lowest BCUT2D eigenvalue weighted by Gasteiger charge is -2.18. The third-order valence-corrected chi connectivity index (χ3v) is 6.11. The van der Waals surface area contributed by atoms with Gasteiger partial charge in [-0.05, 0) is 68.9 Å². The van der Waals surface area contributed by atoms with Crippen LogP contribution >= 0.6 is 0 Å². The highest BCUT2D eigenvalue weighted by atomic mass is 16.2. The van der Waals surface area contributed by atoms with Crippen molar-refractivity contribution in [2.24, 2.45) is 35.5 Å². The van der Waals surface area contributed by atoms with Crippen LogP contribution in [0.5, 0.6) is 0 Å². The Balaban J connectivity index is 1.38. The predicted molar refractivity (Wildman–Crippen MR) is 69.9 cm³/mol. The SMILES string of the molecule is CNCC1CCN(C(=O)C2C3C4CCC(C4)C23)C1. The van der Waals surface area contributed by atoms with Crippen molar-refractivity contribution in [1.82, 2.24) is 10.2 Å². The van der Waals surface area contributed by atoms with Crippen molar-refractivity contribution in [2.75, 3.05) is 26.7 Å². The minimum absolute atomic E-state index is 0.449. The molecule has 1 aliphatic heterocycles. The van der Waals surface area contributed by atoms with Crippen LogP contribution in [0.1, 0.15) is 25.7 Å². The molecule has 100 valence electrons. The van der Waals surface area contributed by atoms with E-state index in [9.17, 15) is 4.79 Å². The summed E-state index contributed by atoms with van der Waals surface area (Å²) in [4.78, 5) is 14.8. The molecule has 0 aromatic rings. The average molecular weight is 248 g/mol. The van der Waals surface area contributed by atoms with Gasteiger partial charge < -0.3 is 10.2 Å². The lowest BCUT2D eigenvalue weighted by Crippen LogP contribution is -2.33. The molecule has 5 unspecified atom stereocenters. The fourth-order valence-electron chi connectivity index (χ4n) is 5.35. The number of nitrogens with zero attached hydrogens (tertiary/aromatic N) is 1. The van der Waals surface area contributed by atoms with E-state index in [0.717, 1.165) is 43.3 Å². The molecule has 1 heterocycles. The van der Waals surface area contributed by atoms with E-state index in [0.29, 0.717) is 17.7 Å². The summed E-state index contributed by atoms with van der Waals surface area (Å²) in [6.45, 7) is 3.08. The van der Waals surface area contributed by atoms with Gasteiger partial charge in [-0.2, -0.15) is 0 Å². The quantitative estimate of drug-likeness (QED) is 0.817. The third kappa shape index (κ3) is 1.49. The Bertz CT molecular complexity index is 354. The molecule has 3 saturated carbocycles. The van der Waals surface area contributed by atoms with Crippen LogP contribution in [0.2, 0.25) is 0 Å². The van der Waals surface area contributed by atoms with Crippen molar-refractivity contribution in [1.29, 1.82) is 0 Å². The Hall–Kier alpha value is -0.570. The molecule has 0 aromatic heterocycles. The lowest BCUT2D eigenvalue weighted by molar-refractivity contribution is -0.132. The molecule has 4 fully saturated rings. The van der Waals surface area contributed by atoms with Crippen LogP contribution in [0.25, 0.3) is 0 Å². The number of likely N-dealkylation sites (tertiary alicyclic amines) is 1. The van der Waals surface area contributed by atoms with Crippen molar-refractivity contribution >= 4 is 5.91 Å².